The first kappa shape index (κ1) is 18.7. The van der Waals surface area contributed by atoms with E-state index in [2.05, 4.69) is 10.4 Å². The number of aromatic nitrogens is 2. The van der Waals surface area contributed by atoms with Crippen molar-refractivity contribution in [1.29, 1.82) is 0 Å². The van der Waals surface area contributed by atoms with E-state index >= 15 is 0 Å². The Labute approximate surface area is 165 Å². The molecule has 1 aliphatic carbocycles. The molecule has 6 heteroatoms. The highest BCUT2D eigenvalue weighted by molar-refractivity contribution is 5.90. The number of piperidine rings is 1. The monoisotopic (exact) mass is 380 g/mol. The fourth-order valence-corrected chi connectivity index (χ4v) is 4.06. The van der Waals surface area contributed by atoms with Gasteiger partial charge in [0.05, 0.1) is 12.2 Å². The van der Waals surface area contributed by atoms with Crippen molar-refractivity contribution in [3.8, 4) is 0 Å². The molecule has 2 heterocycles. The van der Waals surface area contributed by atoms with E-state index in [0.29, 0.717) is 12.3 Å². The number of amides is 2. The molecule has 148 valence electrons. The Kier molecular flexibility index (Phi) is 5.74. The number of nitrogens with one attached hydrogen (secondary N) is 1. The van der Waals surface area contributed by atoms with Crippen molar-refractivity contribution >= 4 is 17.6 Å². The van der Waals surface area contributed by atoms with Gasteiger partial charge in [-0.3, -0.25) is 9.59 Å². The molecule has 1 aliphatic heterocycles. The number of hydrogen-bond donors (Lipinski definition) is 1. The third-order valence-corrected chi connectivity index (χ3v) is 6.00. The lowest BCUT2D eigenvalue weighted by Gasteiger charge is -2.36. The van der Waals surface area contributed by atoms with Gasteiger partial charge >= 0.3 is 0 Å². The molecule has 2 fully saturated rings. The molecule has 2 aromatic rings. The highest BCUT2D eigenvalue weighted by atomic mass is 16.2. The summed E-state index contributed by atoms with van der Waals surface area (Å²) in [6.07, 6.45) is 7.96. The van der Waals surface area contributed by atoms with E-state index in [-0.39, 0.29) is 17.9 Å². The minimum atomic E-state index is 0.00296. The Balaban J connectivity index is 1.29. The lowest BCUT2D eigenvalue weighted by Crippen LogP contribution is -2.44. The molecule has 1 aromatic heterocycles. The van der Waals surface area contributed by atoms with E-state index in [9.17, 15) is 9.59 Å². The first-order valence-corrected chi connectivity index (χ1v) is 10.4. The molecule has 2 amide bonds. The maximum absolute atomic E-state index is 12.4. The molecule has 2 aliphatic rings. The second kappa shape index (κ2) is 8.59. The van der Waals surface area contributed by atoms with Crippen molar-refractivity contribution in [3.05, 3.63) is 48.2 Å². The van der Waals surface area contributed by atoms with Crippen LogP contribution in [0.4, 0.5) is 5.82 Å². The zero-order valence-electron chi connectivity index (χ0n) is 16.2. The first-order valence-electron chi connectivity index (χ1n) is 10.4. The van der Waals surface area contributed by atoms with Gasteiger partial charge in [-0.25, -0.2) is 4.68 Å². The molecule has 0 radical (unpaired) electrons. The summed E-state index contributed by atoms with van der Waals surface area (Å²) < 4.78 is 1.92. The molecule has 1 saturated heterocycles. The maximum atomic E-state index is 12.4. The Morgan fingerprint density at radius 3 is 2.46 bits per heavy atom. The third kappa shape index (κ3) is 4.26. The predicted molar refractivity (Wildman–Crippen MR) is 108 cm³/mol. The fraction of sp³-hybridized carbons (Fsp3) is 0.500. The Hall–Kier alpha value is -2.63. The van der Waals surface area contributed by atoms with Crippen LogP contribution in [0.5, 0.6) is 0 Å². The summed E-state index contributed by atoms with van der Waals surface area (Å²) in [7, 11) is 0. The van der Waals surface area contributed by atoms with Crippen molar-refractivity contribution in [2.24, 2.45) is 5.92 Å². The number of rotatable bonds is 6. The van der Waals surface area contributed by atoms with Gasteiger partial charge in [0.2, 0.25) is 11.8 Å². The molecule has 0 spiro atoms. The van der Waals surface area contributed by atoms with Gasteiger partial charge in [-0.05, 0) is 37.7 Å². The van der Waals surface area contributed by atoms with Crippen LogP contribution < -0.4 is 5.32 Å². The topological polar surface area (TPSA) is 67.2 Å². The minimum Gasteiger partial charge on any atom is -0.342 e. The van der Waals surface area contributed by atoms with Crippen molar-refractivity contribution in [1.82, 2.24) is 14.7 Å². The zero-order valence-corrected chi connectivity index (χ0v) is 16.2. The van der Waals surface area contributed by atoms with Gasteiger partial charge in [0.15, 0.2) is 0 Å². The first-order chi connectivity index (χ1) is 13.7. The molecule has 0 bridgehead atoms. The Morgan fingerprint density at radius 1 is 1.04 bits per heavy atom. The van der Waals surface area contributed by atoms with Crippen molar-refractivity contribution in [3.63, 3.8) is 0 Å². The van der Waals surface area contributed by atoms with Crippen molar-refractivity contribution in [2.45, 2.75) is 51.0 Å². The normalized spacial score (nSPS) is 17.9. The minimum absolute atomic E-state index is 0.00296. The number of carbonyl (C=O) groups is 2. The van der Waals surface area contributed by atoms with Crippen LogP contribution in [0.3, 0.4) is 0 Å². The number of nitrogens with zero attached hydrogens (tertiary/aromatic N) is 3. The Bertz CT molecular complexity index is 805. The van der Waals surface area contributed by atoms with Crippen LogP contribution in [0, 0.1) is 5.92 Å². The SMILES string of the molecule is O=C(CCc1ccccc1)Nc1ccnn1C1CCN(C(=O)C2CCC2)CC1. The summed E-state index contributed by atoms with van der Waals surface area (Å²) in [4.78, 5) is 26.8. The smallest absolute Gasteiger partial charge is 0.225 e. The lowest BCUT2D eigenvalue weighted by molar-refractivity contribution is -0.139. The van der Waals surface area contributed by atoms with Gasteiger partial charge < -0.3 is 10.2 Å². The maximum Gasteiger partial charge on any atom is 0.225 e. The van der Waals surface area contributed by atoms with Gasteiger partial charge in [0, 0.05) is 31.5 Å². The van der Waals surface area contributed by atoms with Crippen LogP contribution in [-0.4, -0.2) is 39.6 Å². The number of anilines is 1. The summed E-state index contributed by atoms with van der Waals surface area (Å²) in [6.45, 7) is 1.56. The van der Waals surface area contributed by atoms with E-state index in [1.807, 2.05) is 46.0 Å². The van der Waals surface area contributed by atoms with E-state index in [1.54, 1.807) is 6.20 Å². The molecule has 28 heavy (non-hydrogen) atoms. The van der Waals surface area contributed by atoms with Gasteiger partial charge in [0.1, 0.15) is 5.82 Å². The molecule has 1 saturated carbocycles. The van der Waals surface area contributed by atoms with Crippen LogP contribution in [0.1, 0.15) is 50.1 Å². The number of hydrogen-bond acceptors (Lipinski definition) is 3. The summed E-state index contributed by atoms with van der Waals surface area (Å²) in [5.74, 6) is 1.35. The van der Waals surface area contributed by atoms with Crippen LogP contribution >= 0.6 is 0 Å². The average Bonchev–Trinajstić information content (AvgIpc) is 3.14. The molecular weight excluding hydrogens is 352 g/mol. The largest absolute Gasteiger partial charge is 0.342 e. The fourth-order valence-electron chi connectivity index (χ4n) is 4.06. The van der Waals surface area contributed by atoms with E-state index in [4.69, 9.17) is 0 Å². The van der Waals surface area contributed by atoms with Crippen molar-refractivity contribution in [2.75, 3.05) is 18.4 Å². The van der Waals surface area contributed by atoms with Crippen LogP contribution in [-0.2, 0) is 16.0 Å². The highest BCUT2D eigenvalue weighted by Crippen LogP contribution is 2.31. The molecule has 1 N–H and O–H groups in total. The zero-order chi connectivity index (χ0) is 19.3. The lowest BCUT2D eigenvalue weighted by atomic mass is 9.84. The van der Waals surface area contributed by atoms with Gasteiger partial charge in [-0.2, -0.15) is 5.10 Å². The second-order valence-corrected chi connectivity index (χ2v) is 7.88. The number of benzene rings is 1. The van der Waals surface area contributed by atoms with E-state index in [1.165, 1.54) is 6.42 Å². The number of likely N-dealkylation sites (tertiary alicyclic amines) is 1. The molecule has 1 aromatic carbocycles. The molecule has 6 nitrogen and oxygen atoms in total. The summed E-state index contributed by atoms with van der Waals surface area (Å²) in [5, 5.41) is 7.45. The van der Waals surface area contributed by atoms with Gasteiger partial charge in [-0.1, -0.05) is 36.8 Å². The van der Waals surface area contributed by atoms with E-state index < -0.39 is 0 Å². The van der Waals surface area contributed by atoms with Crippen LogP contribution in [0.15, 0.2) is 42.6 Å². The quantitative estimate of drug-likeness (QED) is 0.835. The second-order valence-electron chi connectivity index (χ2n) is 7.88. The van der Waals surface area contributed by atoms with Crippen LogP contribution in [0.2, 0.25) is 0 Å². The van der Waals surface area contributed by atoms with E-state index in [0.717, 1.165) is 56.6 Å². The van der Waals surface area contributed by atoms with Crippen LogP contribution in [0.25, 0.3) is 0 Å². The Morgan fingerprint density at radius 2 is 1.79 bits per heavy atom. The summed E-state index contributed by atoms with van der Waals surface area (Å²) >= 11 is 0. The average molecular weight is 380 g/mol. The standard InChI is InChI=1S/C22H28N4O2/c27-21(10-9-17-5-2-1-3-6-17)24-20-11-14-23-26(20)19-12-15-25(16-13-19)22(28)18-7-4-8-18/h1-3,5-6,11,14,18-19H,4,7-10,12-13,15-16H2,(H,24,27). The predicted octanol–water partition coefficient (Wildman–Crippen LogP) is 3.42. The highest BCUT2D eigenvalue weighted by Gasteiger charge is 2.32. The van der Waals surface area contributed by atoms with Gasteiger partial charge in [0.25, 0.3) is 0 Å². The third-order valence-electron chi connectivity index (χ3n) is 6.00. The molecule has 0 unspecified atom stereocenters. The summed E-state index contributed by atoms with van der Waals surface area (Å²) in [6, 6.07) is 12.1. The molecule has 4 rings (SSSR count). The number of aryl methyl sites for hydroxylation is 1. The van der Waals surface area contributed by atoms with Crippen molar-refractivity contribution < 1.29 is 9.59 Å². The number of carbonyl (C=O) groups excluding carboxylic acids is 2. The van der Waals surface area contributed by atoms with Gasteiger partial charge in [-0.15, -0.1) is 0 Å². The summed E-state index contributed by atoms with van der Waals surface area (Å²) in [5.41, 5.74) is 1.16. The molecular formula is C22H28N4O2. The molecule has 0 atom stereocenters.